The molecule has 0 amide bonds. The number of fused-ring (bicyclic) bond motifs is 1. The smallest absolute Gasteiger partial charge is 0.187 e. The minimum absolute atomic E-state index is 0.106. The highest BCUT2D eigenvalue weighted by atomic mass is 16.8. The standard InChI is InChI=1S/C11H18O4/c1-4-11(2,3)7-6(5-12)14-10-9(15-10)8(7)13/h4,6-10,12-13H,1,5H2,2-3H3. The van der Waals surface area contributed by atoms with Crippen LogP contribution in [0.15, 0.2) is 12.7 Å². The van der Waals surface area contributed by atoms with Crippen LogP contribution in [0.1, 0.15) is 13.8 Å². The average Bonchev–Trinajstić information content (AvgIpc) is 2.96. The van der Waals surface area contributed by atoms with Crippen LogP contribution in [0, 0.1) is 11.3 Å². The molecule has 0 radical (unpaired) electrons. The lowest BCUT2D eigenvalue weighted by molar-refractivity contribution is -0.133. The molecule has 0 aliphatic carbocycles. The third-order valence-electron chi connectivity index (χ3n) is 3.46. The van der Waals surface area contributed by atoms with Crippen LogP contribution in [-0.4, -0.2) is 41.4 Å². The van der Waals surface area contributed by atoms with E-state index in [1.54, 1.807) is 6.08 Å². The molecule has 0 aromatic heterocycles. The number of aliphatic hydroxyl groups is 2. The second-order valence-electron chi connectivity index (χ2n) is 4.87. The molecule has 2 saturated heterocycles. The van der Waals surface area contributed by atoms with Crippen molar-refractivity contribution in [3.8, 4) is 0 Å². The summed E-state index contributed by atoms with van der Waals surface area (Å²) in [4.78, 5) is 0. The van der Waals surface area contributed by atoms with Gasteiger partial charge in [-0.2, -0.15) is 0 Å². The molecule has 5 atom stereocenters. The van der Waals surface area contributed by atoms with E-state index in [-0.39, 0.29) is 36.4 Å². The zero-order chi connectivity index (χ0) is 11.2. The van der Waals surface area contributed by atoms with Crippen LogP contribution in [0.2, 0.25) is 0 Å². The van der Waals surface area contributed by atoms with Crippen molar-refractivity contribution in [3.05, 3.63) is 12.7 Å². The molecule has 2 fully saturated rings. The average molecular weight is 214 g/mol. The van der Waals surface area contributed by atoms with Gasteiger partial charge < -0.3 is 19.7 Å². The maximum atomic E-state index is 10.1. The topological polar surface area (TPSA) is 62.2 Å². The number of hydrogen-bond acceptors (Lipinski definition) is 4. The molecular formula is C11H18O4. The van der Waals surface area contributed by atoms with Crippen LogP contribution in [-0.2, 0) is 9.47 Å². The predicted molar refractivity (Wildman–Crippen MR) is 54.1 cm³/mol. The monoisotopic (exact) mass is 214 g/mol. The van der Waals surface area contributed by atoms with E-state index in [9.17, 15) is 10.2 Å². The molecule has 2 heterocycles. The molecule has 4 nitrogen and oxygen atoms in total. The van der Waals surface area contributed by atoms with Crippen LogP contribution in [0.5, 0.6) is 0 Å². The molecule has 0 spiro atoms. The highest BCUT2D eigenvalue weighted by Gasteiger charge is 2.58. The molecule has 4 heteroatoms. The Bertz CT molecular complexity index is 263. The molecule has 15 heavy (non-hydrogen) atoms. The zero-order valence-electron chi connectivity index (χ0n) is 9.09. The Morgan fingerprint density at radius 2 is 2.07 bits per heavy atom. The fourth-order valence-electron chi connectivity index (χ4n) is 2.35. The SMILES string of the molecule is C=CC(C)(C)C1C(CO)OC2OC2C1O. The fourth-order valence-corrected chi connectivity index (χ4v) is 2.35. The maximum absolute atomic E-state index is 10.1. The maximum Gasteiger partial charge on any atom is 0.187 e. The minimum atomic E-state index is -0.589. The Kier molecular flexibility index (Phi) is 2.63. The van der Waals surface area contributed by atoms with E-state index in [4.69, 9.17) is 9.47 Å². The Balaban J connectivity index is 2.21. The second-order valence-corrected chi connectivity index (χ2v) is 4.87. The highest BCUT2D eigenvalue weighted by Crippen LogP contribution is 2.46. The van der Waals surface area contributed by atoms with Gasteiger partial charge in [0.2, 0.25) is 0 Å². The van der Waals surface area contributed by atoms with Crippen LogP contribution in [0.4, 0.5) is 0 Å². The van der Waals surface area contributed by atoms with Crippen LogP contribution in [0.25, 0.3) is 0 Å². The van der Waals surface area contributed by atoms with Gasteiger partial charge in [0.25, 0.3) is 0 Å². The van der Waals surface area contributed by atoms with Gasteiger partial charge in [0.1, 0.15) is 6.10 Å². The van der Waals surface area contributed by atoms with E-state index in [0.717, 1.165) is 0 Å². The molecule has 2 rings (SSSR count). The van der Waals surface area contributed by atoms with Crippen molar-refractivity contribution in [3.63, 3.8) is 0 Å². The summed E-state index contributed by atoms with van der Waals surface area (Å²) in [5.41, 5.74) is -0.288. The van der Waals surface area contributed by atoms with Crippen molar-refractivity contribution in [1.82, 2.24) is 0 Å². The van der Waals surface area contributed by atoms with Gasteiger partial charge in [-0.1, -0.05) is 19.9 Å². The number of aliphatic hydroxyl groups excluding tert-OH is 2. The highest BCUT2D eigenvalue weighted by molar-refractivity contribution is 5.06. The summed E-state index contributed by atoms with van der Waals surface area (Å²) in [7, 11) is 0. The summed E-state index contributed by atoms with van der Waals surface area (Å²) in [6, 6.07) is 0. The molecule has 2 N–H and O–H groups in total. The second kappa shape index (κ2) is 3.56. The van der Waals surface area contributed by atoms with Gasteiger partial charge in [0.05, 0.1) is 18.8 Å². The van der Waals surface area contributed by atoms with Gasteiger partial charge in [-0.25, -0.2) is 0 Å². The molecule has 5 unspecified atom stereocenters. The van der Waals surface area contributed by atoms with E-state index >= 15 is 0 Å². The lowest BCUT2D eigenvalue weighted by Crippen LogP contribution is -2.50. The molecule has 0 bridgehead atoms. The minimum Gasteiger partial charge on any atom is -0.394 e. The van der Waals surface area contributed by atoms with Crippen molar-refractivity contribution < 1.29 is 19.7 Å². The van der Waals surface area contributed by atoms with Gasteiger partial charge >= 0.3 is 0 Å². The lowest BCUT2D eigenvalue weighted by Gasteiger charge is -2.41. The molecule has 2 aliphatic heterocycles. The fraction of sp³-hybridized carbons (Fsp3) is 0.818. The summed E-state index contributed by atoms with van der Waals surface area (Å²) < 4.78 is 10.7. The van der Waals surface area contributed by atoms with E-state index < -0.39 is 6.10 Å². The van der Waals surface area contributed by atoms with E-state index in [0.29, 0.717) is 0 Å². The number of rotatable bonds is 3. The summed E-state index contributed by atoms with van der Waals surface area (Å²) >= 11 is 0. The summed E-state index contributed by atoms with van der Waals surface area (Å²) in [5, 5.41) is 19.3. The van der Waals surface area contributed by atoms with Gasteiger partial charge in [-0.15, -0.1) is 6.58 Å². The molecule has 86 valence electrons. The van der Waals surface area contributed by atoms with Crippen molar-refractivity contribution in [2.75, 3.05) is 6.61 Å². The third kappa shape index (κ3) is 1.72. The van der Waals surface area contributed by atoms with Gasteiger partial charge in [-0.3, -0.25) is 0 Å². The molecule has 0 aromatic rings. The van der Waals surface area contributed by atoms with Crippen molar-refractivity contribution >= 4 is 0 Å². The first-order chi connectivity index (χ1) is 7.01. The zero-order valence-corrected chi connectivity index (χ0v) is 9.09. The van der Waals surface area contributed by atoms with Crippen molar-refractivity contribution in [2.45, 2.75) is 38.4 Å². The van der Waals surface area contributed by atoms with Gasteiger partial charge in [-0.05, 0) is 5.41 Å². The van der Waals surface area contributed by atoms with E-state index in [1.165, 1.54) is 0 Å². The number of epoxide rings is 1. The predicted octanol–water partition coefficient (Wildman–Crippen LogP) is 0.292. The molecule has 2 aliphatic rings. The Morgan fingerprint density at radius 1 is 1.40 bits per heavy atom. The Morgan fingerprint density at radius 3 is 2.60 bits per heavy atom. The Hall–Kier alpha value is -0.420. The molecule has 0 saturated carbocycles. The number of ether oxygens (including phenoxy) is 2. The summed E-state index contributed by atoms with van der Waals surface area (Å²) in [6.07, 6.45) is 0.270. The van der Waals surface area contributed by atoms with Gasteiger partial charge in [0, 0.05) is 5.92 Å². The van der Waals surface area contributed by atoms with Crippen molar-refractivity contribution in [2.24, 2.45) is 11.3 Å². The quantitative estimate of drug-likeness (QED) is 0.523. The van der Waals surface area contributed by atoms with E-state index in [1.807, 2.05) is 13.8 Å². The summed E-state index contributed by atoms with van der Waals surface area (Å²) in [5.74, 6) is -0.177. The first kappa shape index (κ1) is 11.1. The normalized spacial score (nSPS) is 44.7. The lowest BCUT2D eigenvalue weighted by atomic mass is 9.71. The van der Waals surface area contributed by atoms with Gasteiger partial charge in [0.15, 0.2) is 6.29 Å². The number of allylic oxidation sites excluding steroid dienone is 1. The first-order valence-electron chi connectivity index (χ1n) is 5.24. The van der Waals surface area contributed by atoms with Crippen molar-refractivity contribution in [1.29, 1.82) is 0 Å². The largest absolute Gasteiger partial charge is 0.394 e. The molecular weight excluding hydrogens is 196 g/mol. The summed E-state index contributed by atoms with van der Waals surface area (Å²) in [6.45, 7) is 7.60. The third-order valence-corrected chi connectivity index (χ3v) is 3.46. The molecule has 0 aromatic carbocycles. The number of hydrogen-bond donors (Lipinski definition) is 2. The van der Waals surface area contributed by atoms with Crippen LogP contribution >= 0.6 is 0 Å². The van der Waals surface area contributed by atoms with Crippen LogP contribution in [0.3, 0.4) is 0 Å². The van der Waals surface area contributed by atoms with E-state index in [2.05, 4.69) is 6.58 Å². The Labute approximate surface area is 89.5 Å². The van der Waals surface area contributed by atoms with Crippen LogP contribution < -0.4 is 0 Å². The first-order valence-corrected chi connectivity index (χ1v) is 5.24.